The molecule has 2 aromatic heterocycles. The zero-order valence-electron chi connectivity index (χ0n) is 18.1. The van der Waals surface area contributed by atoms with Gasteiger partial charge < -0.3 is 19.9 Å². The molecule has 0 radical (unpaired) electrons. The minimum Gasteiger partial charge on any atom is -0.467 e. The Bertz CT molecular complexity index is 1320. The van der Waals surface area contributed by atoms with Crippen LogP contribution < -0.4 is 10.6 Å². The third-order valence-electron chi connectivity index (χ3n) is 4.90. The summed E-state index contributed by atoms with van der Waals surface area (Å²) in [6.45, 7) is 3.78. The summed E-state index contributed by atoms with van der Waals surface area (Å²) < 4.78 is 24.5. The van der Waals surface area contributed by atoms with E-state index in [9.17, 15) is 9.18 Å². The van der Waals surface area contributed by atoms with Gasteiger partial charge in [0, 0.05) is 17.3 Å². The molecule has 2 N–H and O–H groups in total. The summed E-state index contributed by atoms with van der Waals surface area (Å²) in [5, 5.41) is 11.0. The topological polar surface area (TPSA) is 89.3 Å². The van der Waals surface area contributed by atoms with Crippen LogP contribution in [0.4, 0.5) is 15.2 Å². The fraction of sp³-hybridized carbons (Fsp3) is 0.217. The molecule has 10 heteroatoms. The summed E-state index contributed by atoms with van der Waals surface area (Å²) >= 11 is 6.77. The number of anilines is 2. The highest BCUT2D eigenvalue weighted by molar-refractivity contribution is 7.80. The molecule has 7 nitrogen and oxygen atoms in total. The Morgan fingerprint density at radius 2 is 2.03 bits per heavy atom. The molecule has 170 valence electrons. The molecule has 0 aliphatic carbocycles. The Morgan fingerprint density at radius 1 is 1.21 bits per heavy atom. The van der Waals surface area contributed by atoms with Gasteiger partial charge in [-0.3, -0.25) is 0 Å². The van der Waals surface area contributed by atoms with E-state index >= 15 is 0 Å². The van der Waals surface area contributed by atoms with Gasteiger partial charge in [-0.1, -0.05) is 54.7 Å². The molecule has 0 saturated heterocycles. The number of benzene rings is 2. The maximum atomic E-state index is 13.4. The smallest absolute Gasteiger partial charge is 0.328 e. The first-order valence-corrected chi connectivity index (χ1v) is 11.4. The van der Waals surface area contributed by atoms with E-state index < -0.39 is 12.0 Å². The number of rotatable bonds is 7. The van der Waals surface area contributed by atoms with Crippen LogP contribution in [0.3, 0.4) is 0 Å². The van der Waals surface area contributed by atoms with Gasteiger partial charge in [-0.25, -0.2) is 14.2 Å². The molecular formula is C23H21FN4O3S2. The lowest BCUT2D eigenvalue weighted by Crippen LogP contribution is -2.44. The van der Waals surface area contributed by atoms with E-state index in [0.717, 1.165) is 21.5 Å². The van der Waals surface area contributed by atoms with Crippen LogP contribution in [-0.2, 0) is 9.53 Å². The predicted octanol–water partition coefficient (Wildman–Crippen LogP) is 5.30. The van der Waals surface area contributed by atoms with Crippen molar-refractivity contribution < 1.29 is 18.4 Å². The largest absolute Gasteiger partial charge is 0.467 e. The SMILES string of the molecule is COC(=O)[C@@H](NC(=S)c1cc(-c2cccc(Nc3nc4ccc(F)cc4s3)c2)no1)C(C)C. The van der Waals surface area contributed by atoms with Crippen LogP contribution in [-0.4, -0.2) is 34.3 Å². The van der Waals surface area contributed by atoms with E-state index in [1.807, 2.05) is 38.1 Å². The highest BCUT2D eigenvalue weighted by atomic mass is 32.1. The zero-order chi connectivity index (χ0) is 23.5. The highest BCUT2D eigenvalue weighted by Gasteiger charge is 2.25. The van der Waals surface area contributed by atoms with Crippen molar-refractivity contribution in [3.8, 4) is 11.3 Å². The average Bonchev–Trinajstić information content (AvgIpc) is 3.43. The predicted molar refractivity (Wildman–Crippen MR) is 130 cm³/mol. The second kappa shape index (κ2) is 9.63. The summed E-state index contributed by atoms with van der Waals surface area (Å²) in [5.41, 5.74) is 2.92. The van der Waals surface area contributed by atoms with Crippen molar-refractivity contribution in [2.24, 2.45) is 5.92 Å². The maximum absolute atomic E-state index is 13.4. The van der Waals surface area contributed by atoms with E-state index in [-0.39, 0.29) is 16.7 Å². The van der Waals surface area contributed by atoms with Gasteiger partial charge in [0.15, 0.2) is 10.9 Å². The number of esters is 1. The molecule has 4 rings (SSSR count). The van der Waals surface area contributed by atoms with Crippen molar-refractivity contribution in [1.29, 1.82) is 0 Å². The number of aromatic nitrogens is 2. The molecule has 0 spiro atoms. The number of fused-ring (bicyclic) bond motifs is 1. The monoisotopic (exact) mass is 484 g/mol. The van der Waals surface area contributed by atoms with Crippen LogP contribution in [0.25, 0.3) is 21.5 Å². The van der Waals surface area contributed by atoms with Gasteiger partial charge in [0.05, 0.1) is 17.3 Å². The number of hydrogen-bond donors (Lipinski definition) is 2. The second-order valence-electron chi connectivity index (χ2n) is 7.63. The van der Waals surface area contributed by atoms with Gasteiger partial charge in [-0.05, 0) is 36.2 Å². The van der Waals surface area contributed by atoms with Crippen LogP contribution >= 0.6 is 23.6 Å². The number of thiocarbonyl (C=S) groups is 1. The van der Waals surface area contributed by atoms with Crippen molar-refractivity contribution >= 4 is 55.5 Å². The molecule has 0 saturated carbocycles. The standard InChI is InChI=1S/C23H21FN4O3S2/c1-12(2)20(22(29)30-3)27-21(32)18-11-17(28-31-18)13-5-4-6-15(9-13)25-23-26-16-8-7-14(24)10-19(16)33-23/h4-12,20H,1-3H3,(H,25,26)(H,27,32)/t20-/m0/s1. The molecule has 0 aliphatic heterocycles. The molecule has 0 bridgehead atoms. The summed E-state index contributed by atoms with van der Waals surface area (Å²) in [5.74, 6) is -0.371. The van der Waals surface area contributed by atoms with Crippen molar-refractivity contribution in [3.63, 3.8) is 0 Å². The zero-order valence-corrected chi connectivity index (χ0v) is 19.7. The molecule has 2 aromatic carbocycles. The molecule has 0 amide bonds. The van der Waals surface area contributed by atoms with E-state index in [1.54, 1.807) is 12.1 Å². The molecule has 33 heavy (non-hydrogen) atoms. The molecule has 0 unspecified atom stereocenters. The van der Waals surface area contributed by atoms with Crippen molar-refractivity contribution in [2.75, 3.05) is 12.4 Å². The van der Waals surface area contributed by atoms with Crippen LogP contribution in [0.2, 0.25) is 0 Å². The van der Waals surface area contributed by atoms with Crippen molar-refractivity contribution in [2.45, 2.75) is 19.9 Å². The number of carbonyl (C=O) groups excluding carboxylic acids is 1. The first-order valence-electron chi connectivity index (χ1n) is 10.1. The Kier molecular flexibility index (Phi) is 6.66. The molecule has 2 heterocycles. The first-order chi connectivity index (χ1) is 15.8. The van der Waals surface area contributed by atoms with E-state index in [4.69, 9.17) is 21.5 Å². The number of carbonyl (C=O) groups is 1. The lowest BCUT2D eigenvalue weighted by atomic mass is 10.0. The molecule has 0 aliphatic rings. The van der Waals surface area contributed by atoms with Crippen molar-refractivity contribution in [1.82, 2.24) is 15.5 Å². The van der Waals surface area contributed by atoms with Crippen LogP contribution in [0.15, 0.2) is 53.1 Å². The van der Waals surface area contributed by atoms with Gasteiger partial charge in [0.2, 0.25) is 0 Å². The normalized spacial score (nSPS) is 12.0. The van der Waals surface area contributed by atoms with Crippen LogP contribution in [0, 0.1) is 11.7 Å². The van der Waals surface area contributed by atoms with Gasteiger partial charge in [0.25, 0.3) is 0 Å². The summed E-state index contributed by atoms with van der Waals surface area (Å²) in [6.07, 6.45) is 0. The van der Waals surface area contributed by atoms with E-state index in [2.05, 4.69) is 20.8 Å². The number of nitrogens with one attached hydrogen (secondary N) is 2. The fourth-order valence-corrected chi connectivity index (χ4v) is 4.32. The van der Waals surface area contributed by atoms with Gasteiger partial charge in [-0.2, -0.15) is 0 Å². The Labute approximate surface area is 199 Å². The second-order valence-corrected chi connectivity index (χ2v) is 9.07. The summed E-state index contributed by atoms with van der Waals surface area (Å²) in [4.78, 5) is 16.7. The highest BCUT2D eigenvalue weighted by Crippen LogP contribution is 2.30. The Balaban J connectivity index is 1.50. The van der Waals surface area contributed by atoms with Gasteiger partial charge in [-0.15, -0.1) is 0 Å². The lowest BCUT2D eigenvalue weighted by Gasteiger charge is -2.20. The number of thiazole rings is 1. The first kappa shape index (κ1) is 22.8. The number of hydrogen-bond acceptors (Lipinski definition) is 8. The molecular weight excluding hydrogens is 463 g/mol. The quantitative estimate of drug-likeness (QED) is 0.270. The molecule has 4 aromatic rings. The number of methoxy groups -OCH3 is 1. The summed E-state index contributed by atoms with van der Waals surface area (Å²) in [6, 6.07) is 13.2. The fourth-order valence-electron chi connectivity index (χ4n) is 3.19. The van der Waals surface area contributed by atoms with Crippen LogP contribution in [0.5, 0.6) is 0 Å². The Hall–Kier alpha value is -3.37. The van der Waals surface area contributed by atoms with Crippen molar-refractivity contribution in [3.05, 3.63) is 60.1 Å². The average molecular weight is 485 g/mol. The molecule has 1 atom stereocenters. The Morgan fingerprint density at radius 3 is 2.79 bits per heavy atom. The number of nitrogens with zero attached hydrogens (tertiary/aromatic N) is 2. The minimum atomic E-state index is -0.592. The minimum absolute atomic E-state index is 0.0282. The third-order valence-corrected chi connectivity index (χ3v) is 6.16. The van der Waals surface area contributed by atoms with Gasteiger partial charge in [0.1, 0.15) is 22.5 Å². The maximum Gasteiger partial charge on any atom is 0.328 e. The summed E-state index contributed by atoms with van der Waals surface area (Å²) in [7, 11) is 1.34. The van der Waals surface area contributed by atoms with Crippen LogP contribution in [0.1, 0.15) is 19.6 Å². The molecule has 0 fully saturated rings. The number of halogens is 1. The van der Waals surface area contributed by atoms with E-state index in [1.165, 1.54) is 30.6 Å². The van der Waals surface area contributed by atoms with E-state index in [0.29, 0.717) is 16.6 Å². The number of ether oxygens (including phenoxy) is 1. The van der Waals surface area contributed by atoms with Gasteiger partial charge >= 0.3 is 5.97 Å². The third kappa shape index (κ3) is 5.18. The lowest BCUT2D eigenvalue weighted by molar-refractivity contribution is -0.143.